The second kappa shape index (κ2) is 6.07. The average Bonchev–Trinajstić information content (AvgIpc) is 2.43. The molecule has 21 heavy (non-hydrogen) atoms. The van der Waals surface area contributed by atoms with E-state index in [4.69, 9.17) is 23.2 Å². The van der Waals surface area contributed by atoms with Crippen LogP contribution in [0.1, 0.15) is 10.4 Å². The molecule has 0 heterocycles. The highest BCUT2D eigenvalue weighted by Gasteiger charge is 2.17. The van der Waals surface area contributed by atoms with Gasteiger partial charge < -0.3 is 5.32 Å². The molecule has 5 nitrogen and oxygen atoms in total. The standard InChI is InChI=1S/C13H7Cl2FN2O3/c14-7-1-4-11(16)12(5-7)17-13(19)9-6-8(18(20)21)2-3-10(9)15/h1-6H,(H,17,19). The van der Waals surface area contributed by atoms with Crippen molar-refractivity contribution in [3.8, 4) is 0 Å². The van der Waals surface area contributed by atoms with E-state index >= 15 is 0 Å². The molecule has 0 spiro atoms. The highest BCUT2D eigenvalue weighted by atomic mass is 35.5. The maximum Gasteiger partial charge on any atom is 0.270 e. The molecule has 0 fully saturated rings. The number of amides is 1. The average molecular weight is 329 g/mol. The van der Waals surface area contributed by atoms with Crippen molar-refractivity contribution < 1.29 is 14.1 Å². The van der Waals surface area contributed by atoms with Crippen molar-refractivity contribution in [1.29, 1.82) is 0 Å². The van der Waals surface area contributed by atoms with Crippen LogP contribution < -0.4 is 5.32 Å². The number of anilines is 1. The van der Waals surface area contributed by atoms with Crippen molar-refractivity contribution >= 4 is 40.5 Å². The van der Waals surface area contributed by atoms with Crippen LogP contribution in [0.4, 0.5) is 15.8 Å². The zero-order valence-corrected chi connectivity index (χ0v) is 11.8. The number of non-ortho nitro benzene ring substituents is 1. The van der Waals surface area contributed by atoms with Crippen LogP contribution in [-0.4, -0.2) is 10.8 Å². The molecule has 0 bridgehead atoms. The molecule has 108 valence electrons. The zero-order chi connectivity index (χ0) is 15.6. The van der Waals surface area contributed by atoms with Crippen LogP contribution in [0.5, 0.6) is 0 Å². The van der Waals surface area contributed by atoms with Gasteiger partial charge in [0.1, 0.15) is 5.82 Å². The summed E-state index contributed by atoms with van der Waals surface area (Å²) in [6.07, 6.45) is 0. The Hall–Kier alpha value is -2.18. The number of benzene rings is 2. The maximum atomic E-state index is 13.5. The molecule has 0 atom stereocenters. The predicted molar refractivity (Wildman–Crippen MR) is 77.5 cm³/mol. The third-order valence-electron chi connectivity index (χ3n) is 2.58. The summed E-state index contributed by atoms with van der Waals surface area (Å²) >= 11 is 11.5. The molecule has 2 aromatic rings. The lowest BCUT2D eigenvalue weighted by Crippen LogP contribution is -2.14. The van der Waals surface area contributed by atoms with Crippen molar-refractivity contribution in [2.45, 2.75) is 0 Å². The number of carbonyl (C=O) groups is 1. The van der Waals surface area contributed by atoms with Gasteiger partial charge in [-0.05, 0) is 24.3 Å². The van der Waals surface area contributed by atoms with E-state index in [9.17, 15) is 19.3 Å². The van der Waals surface area contributed by atoms with Crippen molar-refractivity contribution in [2.75, 3.05) is 5.32 Å². The first kappa shape index (κ1) is 15.2. The molecule has 2 rings (SSSR count). The number of halogens is 3. The Balaban J connectivity index is 2.34. The van der Waals surface area contributed by atoms with Gasteiger partial charge in [-0.15, -0.1) is 0 Å². The normalized spacial score (nSPS) is 10.2. The van der Waals surface area contributed by atoms with Crippen LogP contribution in [0.3, 0.4) is 0 Å². The predicted octanol–water partition coefficient (Wildman–Crippen LogP) is 4.29. The van der Waals surface area contributed by atoms with E-state index < -0.39 is 16.6 Å². The molecular formula is C13H7Cl2FN2O3. The Morgan fingerprint density at radius 2 is 1.90 bits per heavy atom. The summed E-state index contributed by atoms with van der Waals surface area (Å²) < 4.78 is 13.5. The Labute approximate surface area is 128 Å². The molecule has 0 unspecified atom stereocenters. The monoisotopic (exact) mass is 328 g/mol. The van der Waals surface area contributed by atoms with Gasteiger partial charge in [0.05, 0.1) is 21.2 Å². The van der Waals surface area contributed by atoms with Crippen LogP contribution in [-0.2, 0) is 0 Å². The summed E-state index contributed by atoms with van der Waals surface area (Å²) in [6, 6.07) is 7.04. The molecule has 0 aliphatic carbocycles. The minimum atomic E-state index is -0.773. The molecule has 0 aliphatic heterocycles. The Kier molecular flexibility index (Phi) is 4.40. The fourth-order valence-corrected chi connectivity index (χ4v) is 1.96. The van der Waals surface area contributed by atoms with Gasteiger partial charge in [0.2, 0.25) is 0 Å². The Morgan fingerprint density at radius 1 is 1.19 bits per heavy atom. The minimum absolute atomic E-state index is 0.0144. The molecule has 0 aromatic heterocycles. The smallest absolute Gasteiger partial charge is 0.270 e. The number of hydrogen-bond donors (Lipinski definition) is 1. The molecule has 0 saturated carbocycles. The zero-order valence-electron chi connectivity index (χ0n) is 10.3. The van der Waals surface area contributed by atoms with E-state index in [1.165, 1.54) is 24.3 Å². The summed E-state index contributed by atoms with van der Waals surface area (Å²) in [5.41, 5.74) is -0.573. The largest absolute Gasteiger partial charge is 0.319 e. The van der Waals surface area contributed by atoms with Crippen LogP contribution in [0.2, 0.25) is 10.0 Å². The second-order valence-electron chi connectivity index (χ2n) is 4.00. The van der Waals surface area contributed by atoms with Crippen LogP contribution in [0.25, 0.3) is 0 Å². The van der Waals surface area contributed by atoms with Gasteiger partial charge in [0.15, 0.2) is 0 Å². The summed E-state index contributed by atoms with van der Waals surface area (Å²) in [6.45, 7) is 0. The lowest BCUT2D eigenvalue weighted by molar-refractivity contribution is -0.384. The number of rotatable bonds is 3. The number of nitro groups is 1. The molecule has 1 amide bonds. The third kappa shape index (κ3) is 3.48. The van der Waals surface area contributed by atoms with E-state index in [2.05, 4.69) is 5.32 Å². The van der Waals surface area contributed by atoms with Gasteiger partial charge in [-0.1, -0.05) is 23.2 Å². The van der Waals surface area contributed by atoms with Gasteiger partial charge in [-0.3, -0.25) is 14.9 Å². The van der Waals surface area contributed by atoms with Gasteiger partial charge >= 0.3 is 0 Å². The highest BCUT2D eigenvalue weighted by molar-refractivity contribution is 6.34. The van der Waals surface area contributed by atoms with E-state index in [-0.39, 0.29) is 27.0 Å². The van der Waals surface area contributed by atoms with E-state index in [1.807, 2.05) is 0 Å². The van der Waals surface area contributed by atoms with Gasteiger partial charge in [-0.2, -0.15) is 0 Å². The summed E-state index contributed by atoms with van der Waals surface area (Å²) in [7, 11) is 0. The lowest BCUT2D eigenvalue weighted by Gasteiger charge is -2.08. The molecule has 0 saturated heterocycles. The van der Waals surface area contributed by atoms with Crippen LogP contribution in [0.15, 0.2) is 36.4 Å². The number of nitrogens with zero attached hydrogens (tertiary/aromatic N) is 1. The van der Waals surface area contributed by atoms with Crippen molar-refractivity contribution in [1.82, 2.24) is 0 Å². The molecular weight excluding hydrogens is 322 g/mol. The summed E-state index contributed by atoms with van der Waals surface area (Å²) in [4.78, 5) is 22.1. The fraction of sp³-hybridized carbons (Fsp3) is 0. The summed E-state index contributed by atoms with van der Waals surface area (Å²) in [5, 5.41) is 13.2. The van der Waals surface area contributed by atoms with Gasteiger partial charge in [0, 0.05) is 17.2 Å². The van der Waals surface area contributed by atoms with Gasteiger partial charge in [-0.25, -0.2) is 4.39 Å². The van der Waals surface area contributed by atoms with Crippen molar-refractivity contribution in [3.05, 3.63) is 67.9 Å². The first-order valence-electron chi connectivity index (χ1n) is 5.59. The van der Waals surface area contributed by atoms with E-state index in [0.717, 1.165) is 12.1 Å². The second-order valence-corrected chi connectivity index (χ2v) is 4.84. The molecule has 1 N–H and O–H groups in total. The van der Waals surface area contributed by atoms with Crippen LogP contribution in [0, 0.1) is 15.9 Å². The summed E-state index contributed by atoms with van der Waals surface area (Å²) in [5.74, 6) is -1.46. The highest BCUT2D eigenvalue weighted by Crippen LogP contribution is 2.25. The SMILES string of the molecule is O=C(Nc1cc(Cl)ccc1F)c1cc([N+](=O)[O-])ccc1Cl. The first-order valence-corrected chi connectivity index (χ1v) is 6.34. The minimum Gasteiger partial charge on any atom is -0.319 e. The number of carbonyl (C=O) groups excluding carboxylic acids is 1. The first-order chi connectivity index (χ1) is 9.88. The number of hydrogen-bond acceptors (Lipinski definition) is 3. The quantitative estimate of drug-likeness (QED) is 0.674. The lowest BCUT2D eigenvalue weighted by atomic mass is 10.2. The maximum absolute atomic E-state index is 13.5. The van der Waals surface area contributed by atoms with E-state index in [0.29, 0.717) is 0 Å². The third-order valence-corrected chi connectivity index (χ3v) is 3.15. The molecule has 0 radical (unpaired) electrons. The van der Waals surface area contributed by atoms with Crippen LogP contribution >= 0.6 is 23.2 Å². The Bertz CT molecular complexity index is 737. The van der Waals surface area contributed by atoms with Crippen molar-refractivity contribution in [2.24, 2.45) is 0 Å². The van der Waals surface area contributed by atoms with E-state index in [1.54, 1.807) is 0 Å². The topological polar surface area (TPSA) is 72.2 Å². The fourth-order valence-electron chi connectivity index (χ4n) is 1.58. The molecule has 0 aliphatic rings. The van der Waals surface area contributed by atoms with Crippen molar-refractivity contribution in [3.63, 3.8) is 0 Å². The molecule has 8 heteroatoms. The Morgan fingerprint density at radius 3 is 2.57 bits per heavy atom. The number of nitro benzene ring substituents is 1. The molecule has 2 aromatic carbocycles. The van der Waals surface area contributed by atoms with Gasteiger partial charge in [0.25, 0.3) is 11.6 Å². The number of nitrogens with one attached hydrogen (secondary N) is 1.